The largest absolute Gasteiger partial charge is 0.479 e. The number of carbonyl (C=O) groups excluding carboxylic acids is 2. The van der Waals surface area contributed by atoms with Gasteiger partial charge in [-0.2, -0.15) is 4.98 Å². The summed E-state index contributed by atoms with van der Waals surface area (Å²) in [5.74, 6) is -0.964. The number of aliphatic hydroxyl groups excluding tert-OH is 1. The lowest BCUT2D eigenvalue weighted by atomic mass is 9.96. The molecule has 0 aromatic carbocycles. The Labute approximate surface area is 237 Å². The molecular formula is C24H38N5O11P. The summed E-state index contributed by atoms with van der Waals surface area (Å²) in [5.41, 5.74) is -1.30. The van der Waals surface area contributed by atoms with E-state index in [4.69, 9.17) is 28.0 Å². The molecule has 2 aromatic heterocycles. The van der Waals surface area contributed by atoms with Gasteiger partial charge >= 0.3 is 19.7 Å². The first-order valence-electron chi connectivity index (χ1n) is 13.0. The fourth-order valence-corrected chi connectivity index (χ4v) is 5.45. The number of nitrogens with zero attached hydrogens (tertiary/aromatic N) is 4. The predicted octanol–water partition coefficient (Wildman–Crippen LogP) is 1.18. The molecule has 3 heterocycles. The van der Waals surface area contributed by atoms with E-state index >= 15 is 0 Å². The van der Waals surface area contributed by atoms with Crippen LogP contribution in [0.5, 0.6) is 5.88 Å². The van der Waals surface area contributed by atoms with Crippen molar-refractivity contribution in [2.24, 2.45) is 0 Å². The van der Waals surface area contributed by atoms with Crippen LogP contribution in [0.15, 0.2) is 6.33 Å². The van der Waals surface area contributed by atoms with Crippen LogP contribution in [0.4, 0.5) is 0 Å². The number of imidazole rings is 1. The van der Waals surface area contributed by atoms with Crippen LogP contribution in [0.3, 0.4) is 0 Å². The summed E-state index contributed by atoms with van der Waals surface area (Å²) < 4.78 is 47.1. The number of hydrogen-bond donors (Lipinski definition) is 3. The molecule has 0 saturated carbocycles. The second-order valence-corrected chi connectivity index (χ2v) is 12.0. The van der Waals surface area contributed by atoms with Crippen molar-refractivity contribution >= 4 is 30.8 Å². The van der Waals surface area contributed by atoms with Crippen molar-refractivity contribution in [3.8, 4) is 5.88 Å². The van der Waals surface area contributed by atoms with Gasteiger partial charge in [0.1, 0.15) is 29.7 Å². The summed E-state index contributed by atoms with van der Waals surface area (Å²) >= 11 is 0. The molecule has 3 N–H and O–H groups in total. The molecule has 1 fully saturated rings. The second-order valence-electron chi connectivity index (χ2n) is 10.2. The third-order valence-corrected chi connectivity index (χ3v) is 7.55. The van der Waals surface area contributed by atoms with E-state index in [2.05, 4.69) is 20.0 Å². The van der Waals surface area contributed by atoms with Crippen molar-refractivity contribution in [1.82, 2.24) is 24.6 Å². The van der Waals surface area contributed by atoms with Crippen LogP contribution in [-0.4, -0.2) is 98.1 Å². The van der Waals surface area contributed by atoms with Gasteiger partial charge in [0.2, 0.25) is 5.88 Å². The van der Waals surface area contributed by atoms with E-state index in [1.54, 1.807) is 34.6 Å². The fourth-order valence-electron chi connectivity index (χ4n) is 4.03. The first-order valence-corrected chi connectivity index (χ1v) is 14.5. The van der Waals surface area contributed by atoms with Crippen molar-refractivity contribution in [3.05, 3.63) is 12.2 Å². The van der Waals surface area contributed by atoms with E-state index in [-0.39, 0.29) is 11.5 Å². The van der Waals surface area contributed by atoms with Gasteiger partial charge in [-0.15, -0.1) is 0 Å². The zero-order chi connectivity index (χ0) is 30.7. The van der Waals surface area contributed by atoms with Crippen molar-refractivity contribution < 1.29 is 52.4 Å². The third kappa shape index (κ3) is 7.77. The number of hydrogen-bond acceptors (Lipinski definition) is 14. The molecule has 1 saturated heterocycles. The SMILES string of the molecule is COc1nc(C)nc2c1ncn2[C@@H]1O[C@H](COP(=O)(N[C@@H](C)C(=O)OC(C)C)OCC(=O)OC(C)C)C(O)[C@]1(C)O. The van der Waals surface area contributed by atoms with Crippen LogP contribution in [-0.2, 0) is 37.4 Å². The average molecular weight is 604 g/mol. The summed E-state index contributed by atoms with van der Waals surface area (Å²) in [7, 11) is -2.98. The van der Waals surface area contributed by atoms with Crippen molar-refractivity contribution in [2.75, 3.05) is 20.3 Å². The first kappa shape index (κ1) is 32.8. The van der Waals surface area contributed by atoms with E-state index in [1.807, 2.05) is 0 Å². The van der Waals surface area contributed by atoms with Gasteiger partial charge in [-0.3, -0.25) is 18.4 Å². The Morgan fingerprint density at radius 2 is 1.83 bits per heavy atom. The molecule has 2 unspecified atom stereocenters. The third-order valence-electron chi connectivity index (χ3n) is 5.89. The number of ether oxygens (including phenoxy) is 4. The minimum atomic E-state index is -4.41. The number of nitrogens with one attached hydrogen (secondary N) is 1. The van der Waals surface area contributed by atoms with Gasteiger partial charge in [-0.25, -0.2) is 24.4 Å². The maximum Gasteiger partial charge on any atom is 0.406 e. The number of aliphatic hydroxyl groups is 2. The molecule has 6 atom stereocenters. The summed E-state index contributed by atoms with van der Waals surface area (Å²) in [6.07, 6.45) is -3.52. The van der Waals surface area contributed by atoms with E-state index in [1.165, 1.54) is 31.9 Å². The van der Waals surface area contributed by atoms with Gasteiger partial charge in [0, 0.05) is 0 Å². The molecule has 1 aliphatic rings. The topological polar surface area (TPSA) is 203 Å². The highest BCUT2D eigenvalue weighted by atomic mass is 31.2. The van der Waals surface area contributed by atoms with E-state index in [0.29, 0.717) is 11.3 Å². The lowest BCUT2D eigenvalue weighted by Gasteiger charge is -2.27. The maximum atomic E-state index is 13.6. The number of esters is 2. The van der Waals surface area contributed by atoms with Crippen molar-refractivity contribution in [2.45, 2.75) is 90.8 Å². The summed E-state index contributed by atoms with van der Waals surface area (Å²) in [5, 5.41) is 24.6. The summed E-state index contributed by atoms with van der Waals surface area (Å²) in [4.78, 5) is 37.2. The van der Waals surface area contributed by atoms with Crippen LogP contribution in [0, 0.1) is 6.92 Å². The Morgan fingerprint density at radius 3 is 2.44 bits per heavy atom. The van der Waals surface area contributed by atoms with E-state index in [0.717, 1.165) is 0 Å². The number of fused-ring (bicyclic) bond motifs is 1. The van der Waals surface area contributed by atoms with Gasteiger partial charge in [-0.05, 0) is 48.5 Å². The van der Waals surface area contributed by atoms with Crippen LogP contribution in [0.2, 0.25) is 0 Å². The fraction of sp³-hybridized carbons (Fsp3) is 0.708. The lowest BCUT2D eigenvalue weighted by molar-refractivity contribution is -0.150. The minimum Gasteiger partial charge on any atom is -0.479 e. The van der Waals surface area contributed by atoms with Crippen molar-refractivity contribution in [3.63, 3.8) is 0 Å². The predicted molar refractivity (Wildman–Crippen MR) is 142 cm³/mol. The number of carbonyl (C=O) groups is 2. The van der Waals surface area contributed by atoms with Gasteiger partial charge in [-0.1, -0.05) is 0 Å². The molecule has 0 radical (unpaired) electrons. The molecule has 16 nitrogen and oxygen atoms in total. The molecule has 0 aliphatic carbocycles. The van der Waals surface area contributed by atoms with Crippen molar-refractivity contribution in [1.29, 1.82) is 0 Å². The highest BCUT2D eigenvalue weighted by Crippen LogP contribution is 2.47. The highest BCUT2D eigenvalue weighted by Gasteiger charge is 2.54. The van der Waals surface area contributed by atoms with Crippen LogP contribution in [0.1, 0.15) is 53.6 Å². The summed E-state index contributed by atoms with van der Waals surface area (Å²) in [6, 6.07) is -1.16. The van der Waals surface area contributed by atoms with E-state index in [9.17, 15) is 24.4 Å². The number of aryl methyl sites for hydroxylation is 1. The van der Waals surface area contributed by atoms with Crippen LogP contribution < -0.4 is 9.82 Å². The molecule has 0 amide bonds. The Bertz CT molecular complexity index is 1280. The summed E-state index contributed by atoms with van der Waals surface area (Å²) in [6.45, 7) is 9.59. The quantitative estimate of drug-likeness (QED) is 0.217. The Hall–Kier alpha value is -2.72. The second kappa shape index (κ2) is 13.1. The maximum absolute atomic E-state index is 13.6. The smallest absolute Gasteiger partial charge is 0.406 e. The first-order chi connectivity index (χ1) is 19.1. The monoisotopic (exact) mass is 603 g/mol. The molecule has 17 heteroatoms. The minimum absolute atomic E-state index is 0.217. The van der Waals surface area contributed by atoms with Gasteiger partial charge < -0.3 is 29.2 Å². The average Bonchev–Trinajstić information content (AvgIpc) is 3.38. The number of methoxy groups -OCH3 is 1. The normalized spacial score (nSPS) is 24.9. The molecule has 3 rings (SSSR count). The highest BCUT2D eigenvalue weighted by molar-refractivity contribution is 7.51. The Kier molecular flexibility index (Phi) is 10.5. The standard InChI is InChI=1S/C24H38N5O11P/c1-12(2)38-17(30)10-37-41(34,28-14(5)22(32)39-13(3)4)36-9-16-19(31)24(7,33)23(40-16)29-11-25-18-20(29)26-15(6)27-21(18)35-8/h11-14,16,19,23,31,33H,9-10H2,1-8H3,(H,28,34)/t14-,16+,19?,23+,24-,41?/m0/s1. The lowest BCUT2D eigenvalue weighted by Crippen LogP contribution is -2.44. The molecule has 0 spiro atoms. The molecule has 41 heavy (non-hydrogen) atoms. The molecule has 230 valence electrons. The number of rotatable bonds is 13. The molecule has 2 aromatic rings. The van der Waals surface area contributed by atoms with E-state index < -0.39 is 75.2 Å². The zero-order valence-electron chi connectivity index (χ0n) is 24.3. The van der Waals surface area contributed by atoms with Crippen LogP contribution >= 0.6 is 7.75 Å². The van der Waals surface area contributed by atoms with Gasteiger partial charge in [0.15, 0.2) is 24.0 Å². The molecular weight excluding hydrogens is 565 g/mol. The zero-order valence-corrected chi connectivity index (χ0v) is 25.2. The molecule has 1 aliphatic heterocycles. The van der Waals surface area contributed by atoms with Gasteiger partial charge in [0.25, 0.3) is 0 Å². The van der Waals surface area contributed by atoms with Gasteiger partial charge in [0.05, 0.1) is 32.3 Å². The van der Waals surface area contributed by atoms with Crippen LogP contribution in [0.25, 0.3) is 11.2 Å². The Morgan fingerprint density at radius 1 is 1.17 bits per heavy atom. The Balaban J connectivity index is 1.81. The number of aromatic nitrogens is 4. The molecule has 0 bridgehead atoms.